The molecule has 11 rings (SSSR count). The lowest BCUT2D eigenvalue weighted by Gasteiger charge is -2.36. The third kappa shape index (κ3) is 40.6. The number of nitrogens with one attached hydrogen (secondary N) is 1. The quantitative estimate of drug-likeness (QED) is 0.0128. The summed E-state index contributed by atoms with van der Waals surface area (Å²) in [5.41, 5.74) is -3.06. The molecule has 4 heterocycles. The van der Waals surface area contributed by atoms with E-state index in [9.17, 15) is 98.0 Å². The number of pyridine rings is 1. The lowest BCUT2D eigenvalue weighted by Crippen LogP contribution is -2.56. The van der Waals surface area contributed by atoms with E-state index in [1.165, 1.54) is 29.8 Å². The van der Waals surface area contributed by atoms with Crippen LogP contribution in [0.3, 0.4) is 0 Å². The third-order valence-electron chi connectivity index (χ3n) is 21.8. The number of carbonyl (C=O) groups is 11. The van der Waals surface area contributed by atoms with E-state index in [1.807, 2.05) is 107 Å². The molecule has 1 atom stereocenters. The second-order valence-corrected chi connectivity index (χ2v) is 40.0. The number of aliphatic carboxylic acids is 8. The van der Waals surface area contributed by atoms with Crippen LogP contribution < -0.4 is 5.32 Å². The topological polar surface area (TPSA) is 477 Å². The highest BCUT2D eigenvalue weighted by atomic mass is 32.1. The smallest absolute Gasteiger partial charge is 0.351 e. The van der Waals surface area contributed by atoms with Gasteiger partial charge in [-0.25, -0.2) is 23.9 Å². The minimum atomic E-state index is -2.10. The summed E-state index contributed by atoms with van der Waals surface area (Å²) >= 11 is 1.32. The molecule has 34 heteroatoms. The molecular weight excluding hydrogens is 1910 g/mol. The number of benzene rings is 7. The standard InChI is InChI=1S/C28H37NO6.C21H23FO5.C20H23NO6S.C20H23NO5.C19H22N2O5.5CH4/c1-22-9-8-12-24(19-22)20-28(35-27(2,3)4,26(31)34-21-23-10-6-5-7-11-23)25(30)33-18-15-29-13-16-32-17-14-29;1-20(2,3)27-13-21(18(23)24,19(25)26)12-14-4-6-15(7-5-14)16-8-10-17(22)11-9-16;1-19(2,3)27-12-20(17(23)24,18(25)26)11-13-6-8-14(9-7-13)21-16(22)15-5-4-10-28-15;1-19(2,3)26-13-20(17(22)23,18(24)25)11-14-6-8-15(9-7-14)16-5-4-10-21-12-16;1-18(2,3)26-11-19(16(22)23,17(24)25)8-13-4-6-14(7-5-13)15-9-20-12-21-10-15;;;;;/h5-12,19H,13-18,20-21H2,1-4H3;4-11H,12-13H2,1-3H3,(H,23,24)(H,25,26);4-10H,11-12H2,1-3H3,(H,21,22)(H,23,24)(H,25,26);4-10,12H,11,13H2,1-3H3,(H,22,23)(H,24,25);4-7,9-10,12H,8,11H2,1-3H3,(H,22,23)(H,24,25);5*1H4. The molecule has 0 bridgehead atoms. The number of halogens is 1. The van der Waals surface area contributed by atoms with Gasteiger partial charge in [0.1, 0.15) is 25.4 Å². The molecule has 1 aliphatic rings. The predicted octanol–water partition coefficient (Wildman–Crippen LogP) is 20.3. The van der Waals surface area contributed by atoms with Gasteiger partial charge in [-0.1, -0.05) is 206 Å². The van der Waals surface area contributed by atoms with Crippen molar-refractivity contribution >= 4 is 82.6 Å². The Hall–Kier alpha value is -13.7. The molecule has 10 aromatic rings. The molecule has 147 heavy (non-hydrogen) atoms. The Balaban J connectivity index is 0.000000618. The van der Waals surface area contributed by atoms with Gasteiger partial charge in [0, 0.05) is 87.8 Å². The van der Waals surface area contributed by atoms with E-state index in [-0.39, 0.29) is 94.2 Å². The highest BCUT2D eigenvalue weighted by Crippen LogP contribution is 2.36. The first-order valence-electron chi connectivity index (χ1n) is 45.5. The van der Waals surface area contributed by atoms with Crippen LogP contribution in [0.2, 0.25) is 0 Å². The van der Waals surface area contributed by atoms with Gasteiger partial charge in [0.2, 0.25) is 0 Å². The van der Waals surface area contributed by atoms with Crippen molar-refractivity contribution in [1.82, 2.24) is 19.9 Å². The Labute approximate surface area is 866 Å². The average Bonchev–Trinajstić information content (AvgIpc) is 1.02. The Morgan fingerprint density at radius 2 is 0.741 bits per heavy atom. The lowest BCUT2D eigenvalue weighted by molar-refractivity contribution is -0.208. The zero-order valence-electron chi connectivity index (χ0n) is 82.7. The molecule has 32 nitrogen and oxygen atoms in total. The van der Waals surface area contributed by atoms with Crippen molar-refractivity contribution in [3.05, 3.63) is 286 Å². The van der Waals surface area contributed by atoms with Gasteiger partial charge in [-0.2, -0.15) is 0 Å². The van der Waals surface area contributed by atoms with E-state index < -0.39 is 141 Å². The summed E-state index contributed by atoms with van der Waals surface area (Å²) in [6.45, 7) is 30.2. The number of hydrogen-bond donors (Lipinski definition) is 9. The number of amides is 1. The number of morpholine rings is 1. The minimum Gasteiger partial charge on any atom is -0.480 e. The number of carbonyl (C=O) groups excluding carboxylic acids is 3. The molecule has 7 aromatic carbocycles. The van der Waals surface area contributed by atoms with Crippen LogP contribution >= 0.6 is 11.3 Å². The molecule has 1 saturated heterocycles. The first kappa shape index (κ1) is 129. The molecule has 800 valence electrons. The number of hydrogen-bond acceptors (Lipinski definition) is 24. The fourth-order valence-corrected chi connectivity index (χ4v) is 14.4. The van der Waals surface area contributed by atoms with Gasteiger partial charge in [-0.3, -0.25) is 53.0 Å². The molecule has 9 N–H and O–H groups in total. The average molecular weight is 2060 g/mol. The van der Waals surface area contributed by atoms with Gasteiger partial charge in [0.15, 0.2) is 21.7 Å². The summed E-state index contributed by atoms with van der Waals surface area (Å²) < 4.78 is 58.0. The normalized spacial score (nSPS) is 12.6. The van der Waals surface area contributed by atoms with Crippen LogP contribution in [0.1, 0.15) is 190 Å². The van der Waals surface area contributed by atoms with E-state index in [4.69, 9.17) is 37.9 Å². The first-order chi connectivity index (χ1) is 66.5. The first-order valence-corrected chi connectivity index (χ1v) is 46.4. The number of esters is 2. The summed E-state index contributed by atoms with van der Waals surface area (Å²) in [6.07, 6.45) is 7.38. The van der Waals surface area contributed by atoms with Gasteiger partial charge in [0.25, 0.3) is 11.5 Å². The van der Waals surface area contributed by atoms with Crippen molar-refractivity contribution in [3.8, 4) is 33.4 Å². The molecule has 0 radical (unpaired) electrons. The van der Waals surface area contributed by atoms with Crippen molar-refractivity contribution in [2.45, 2.75) is 220 Å². The maximum atomic E-state index is 13.6. The SMILES string of the molecule is C.C.C.C.C.CC(C)(C)OCC(Cc1ccc(-c2ccc(F)cc2)cc1)(C(=O)O)C(=O)O.CC(C)(C)OCC(Cc1ccc(-c2cccnc2)cc1)(C(=O)O)C(=O)O.CC(C)(C)OCC(Cc1ccc(-c2cncnc2)cc1)(C(=O)O)C(=O)O.CC(C)(C)OCC(Cc1ccc(NC(=O)c2cccs2)cc1)(C(=O)O)C(=O)O.Cc1cccc(CC(OC(C)(C)C)(C(=O)OCCN2CCOCC2)C(=O)OCc2ccccc2)c1. The summed E-state index contributed by atoms with van der Waals surface area (Å²) in [5.74, 6) is -13.5. The number of aromatic nitrogens is 3. The molecule has 1 amide bonds. The van der Waals surface area contributed by atoms with Crippen LogP contribution in [0.4, 0.5) is 10.1 Å². The summed E-state index contributed by atoms with van der Waals surface area (Å²) in [5, 5.41) is 81.4. The number of anilines is 1. The van der Waals surface area contributed by atoms with Gasteiger partial charge in [-0.15, -0.1) is 11.3 Å². The van der Waals surface area contributed by atoms with Crippen LogP contribution in [-0.2, 0) is 125 Å². The Morgan fingerprint density at radius 3 is 1.10 bits per heavy atom. The second-order valence-electron chi connectivity index (χ2n) is 39.0. The molecule has 0 saturated carbocycles. The van der Waals surface area contributed by atoms with Crippen LogP contribution in [0.5, 0.6) is 0 Å². The molecule has 3 aromatic heterocycles. The molecule has 0 spiro atoms. The van der Waals surface area contributed by atoms with Crippen LogP contribution in [0.15, 0.2) is 237 Å². The zero-order valence-corrected chi connectivity index (χ0v) is 83.6. The highest BCUT2D eigenvalue weighted by Gasteiger charge is 2.55. The molecule has 1 aliphatic heterocycles. The number of ether oxygens (including phenoxy) is 8. The van der Waals surface area contributed by atoms with E-state index in [1.54, 1.807) is 222 Å². The molecule has 1 unspecified atom stereocenters. The van der Waals surface area contributed by atoms with Crippen molar-refractivity contribution in [1.29, 1.82) is 0 Å². The van der Waals surface area contributed by atoms with Crippen LogP contribution in [0.25, 0.3) is 33.4 Å². The van der Waals surface area contributed by atoms with Crippen molar-refractivity contribution < 1.29 is 136 Å². The maximum absolute atomic E-state index is 13.6. The van der Waals surface area contributed by atoms with Gasteiger partial charge >= 0.3 is 59.7 Å². The fraction of sp³-hybridized carbons (Fsp3) is 0.416. The molecular formula is C113H148FN5O27S. The molecule has 0 aliphatic carbocycles. The number of aryl methyl sites for hydroxylation is 1. The summed E-state index contributed by atoms with van der Waals surface area (Å²) in [4.78, 5) is 148. The van der Waals surface area contributed by atoms with Crippen LogP contribution in [-0.4, -0.2) is 226 Å². The van der Waals surface area contributed by atoms with Gasteiger partial charge in [0.05, 0.1) is 72.5 Å². The number of carboxylic acids is 8. The zero-order chi connectivity index (χ0) is 105. The van der Waals surface area contributed by atoms with Crippen LogP contribution in [0, 0.1) is 34.4 Å². The largest absolute Gasteiger partial charge is 0.480 e. The van der Waals surface area contributed by atoms with Gasteiger partial charge < -0.3 is 84.1 Å². The number of thiophene rings is 1. The monoisotopic (exact) mass is 2060 g/mol. The highest BCUT2D eigenvalue weighted by molar-refractivity contribution is 7.12. The maximum Gasteiger partial charge on any atom is 0.351 e. The fourth-order valence-electron chi connectivity index (χ4n) is 13.8. The lowest BCUT2D eigenvalue weighted by atomic mass is 9.82. The number of carboxylic acid groups (broad SMARTS) is 8. The van der Waals surface area contributed by atoms with E-state index >= 15 is 0 Å². The number of rotatable bonds is 39. The van der Waals surface area contributed by atoms with E-state index in [2.05, 4.69) is 25.2 Å². The predicted molar refractivity (Wildman–Crippen MR) is 563 cm³/mol. The second kappa shape index (κ2) is 58.0. The summed E-state index contributed by atoms with van der Waals surface area (Å²) in [6, 6.07) is 57.6. The van der Waals surface area contributed by atoms with Crippen molar-refractivity contribution in [2.75, 3.05) is 71.2 Å². The summed E-state index contributed by atoms with van der Waals surface area (Å²) in [7, 11) is 0. The van der Waals surface area contributed by atoms with Gasteiger partial charge in [-0.05, 0) is 214 Å². The van der Waals surface area contributed by atoms with E-state index in [0.29, 0.717) is 52.6 Å². The van der Waals surface area contributed by atoms with Crippen molar-refractivity contribution in [3.63, 3.8) is 0 Å². The minimum absolute atomic E-state index is 0. The molecule has 1 fully saturated rings. The third-order valence-corrected chi connectivity index (χ3v) is 22.7. The Kier molecular flexibility index (Phi) is 51.0. The number of nitrogens with zero attached hydrogens (tertiary/aromatic N) is 4. The van der Waals surface area contributed by atoms with Crippen molar-refractivity contribution in [2.24, 2.45) is 21.7 Å². The van der Waals surface area contributed by atoms with E-state index in [0.717, 1.165) is 63.2 Å². The Morgan fingerprint density at radius 1 is 0.381 bits per heavy atom. The Bertz CT molecular complexity index is 5610.